The van der Waals surface area contributed by atoms with Crippen LogP contribution in [0.25, 0.3) is 0 Å². The predicted octanol–water partition coefficient (Wildman–Crippen LogP) is 2.59. The molecule has 32 heavy (non-hydrogen) atoms. The molecular formula is C25H37N5O2. The summed E-state index contributed by atoms with van der Waals surface area (Å²) in [6.45, 7) is 11.0. The van der Waals surface area contributed by atoms with Gasteiger partial charge >= 0.3 is 0 Å². The summed E-state index contributed by atoms with van der Waals surface area (Å²) in [7, 11) is 3.29. The molecule has 0 amide bonds. The third kappa shape index (κ3) is 6.29. The number of benzene rings is 2. The first-order valence-corrected chi connectivity index (χ1v) is 11.3. The summed E-state index contributed by atoms with van der Waals surface area (Å²) in [5.41, 5.74) is 11.3. The van der Waals surface area contributed by atoms with Crippen molar-refractivity contribution >= 4 is 11.6 Å². The van der Waals surface area contributed by atoms with Crippen LogP contribution >= 0.6 is 0 Å². The molecule has 0 aromatic heterocycles. The van der Waals surface area contributed by atoms with Crippen molar-refractivity contribution < 1.29 is 9.47 Å². The highest BCUT2D eigenvalue weighted by molar-refractivity contribution is 5.77. The van der Waals surface area contributed by atoms with Gasteiger partial charge in [-0.05, 0) is 55.2 Å². The highest BCUT2D eigenvalue weighted by Gasteiger charge is 2.18. The van der Waals surface area contributed by atoms with Crippen LogP contribution in [0.1, 0.15) is 16.7 Å². The highest BCUT2D eigenvalue weighted by atomic mass is 16.5. The molecule has 0 atom stereocenters. The fraction of sp³-hybridized carbons (Fsp3) is 0.480. The summed E-state index contributed by atoms with van der Waals surface area (Å²) in [5.74, 6) is 1.98. The second kappa shape index (κ2) is 11.6. The first kappa shape index (κ1) is 23.7. The smallest absolute Gasteiger partial charge is 0.188 e. The molecule has 0 saturated carbocycles. The van der Waals surface area contributed by atoms with Crippen molar-refractivity contribution in [3.8, 4) is 11.5 Å². The van der Waals surface area contributed by atoms with Gasteiger partial charge in [-0.15, -0.1) is 0 Å². The average molecular weight is 440 g/mol. The van der Waals surface area contributed by atoms with E-state index < -0.39 is 0 Å². The summed E-state index contributed by atoms with van der Waals surface area (Å²) in [5, 5.41) is 3.20. The second-order valence-corrected chi connectivity index (χ2v) is 8.18. The third-order valence-corrected chi connectivity index (χ3v) is 6.16. The molecule has 1 heterocycles. The number of nitrogens with two attached hydrogens (primary N) is 1. The summed E-state index contributed by atoms with van der Waals surface area (Å²) >= 11 is 0. The summed E-state index contributed by atoms with van der Waals surface area (Å²) in [6.07, 6.45) is 0.830. The fourth-order valence-electron chi connectivity index (χ4n) is 4.03. The molecule has 3 rings (SSSR count). The number of anilines is 1. The van der Waals surface area contributed by atoms with Crippen LogP contribution in [0.5, 0.6) is 11.5 Å². The van der Waals surface area contributed by atoms with Crippen LogP contribution in [0.15, 0.2) is 41.4 Å². The zero-order valence-electron chi connectivity index (χ0n) is 19.9. The topological polar surface area (TPSA) is 75.4 Å². The lowest BCUT2D eigenvalue weighted by molar-refractivity contribution is 0.265. The minimum absolute atomic E-state index is 0.500. The van der Waals surface area contributed by atoms with Gasteiger partial charge < -0.3 is 25.4 Å². The molecule has 0 spiro atoms. The third-order valence-electron chi connectivity index (χ3n) is 6.16. The van der Waals surface area contributed by atoms with E-state index in [0.29, 0.717) is 12.5 Å². The highest BCUT2D eigenvalue weighted by Crippen LogP contribution is 2.27. The van der Waals surface area contributed by atoms with E-state index >= 15 is 0 Å². The molecule has 2 aromatic rings. The van der Waals surface area contributed by atoms with Gasteiger partial charge in [0.25, 0.3) is 0 Å². The number of nitrogens with zero attached hydrogens (tertiary/aromatic N) is 3. The Balaban J connectivity index is 1.37. The van der Waals surface area contributed by atoms with E-state index in [2.05, 4.69) is 52.2 Å². The van der Waals surface area contributed by atoms with Gasteiger partial charge in [-0.3, -0.25) is 9.89 Å². The number of aliphatic imine (C=N–C) groups is 1. The van der Waals surface area contributed by atoms with E-state index in [-0.39, 0.29) is 0 Å². The van der Waals surface area contributed by atoms with Gasteiger partial charge in [0.15, 0.2) is 17.5 Å². The zero-order valence-corrected chi connectivity index (χ0v) is 19.9. The van der Waals surface area contributed by atoms with Gasteiger partial charge in [0.1, 0.15) is 0 Å². The number of hydrogen-bond acceptors (Lipinski definition) is 5. The Morgan fingerprint density at radius 1 is 1.03 bits per heavy atom. The molecule has 1 aliphatic rings. The molecule has 1 fully saturated rings. The first-order chi connectivity index (χ1) is 15.5. The Hall–Kier alpha value is -2.93. The molecule has 1 saturated heterocycles. The standard InChI is InChI=1S/C25H37N5O2/c1-19-6-5-7-22(20(19)2)30-16-14-29(15-17-30)13-12-28-25(26)27-11-10-21-8-9-23(31-3)24(18-21)32-4/h5-9,18H,10-17H2,1-4H3,(H3,26,27,28). The molecular weight excluding hydrogens is 402 g/mol. The van der Waals surface area contributed by atoms with Gasteiger partial charge in [-0.2, -0.15) is 0 Å². The SMILES string of the molecule is COc1ccc(CCNC(N)=NCCN2CCN(c3cccc(C)c3C)CC2)cc1OC. The lowest BCUT2D eigenvalue weighted by atomic mass is 10.1. The summed E-state index contributed by atoms with van der Waals surface area (Å²) in [6, 6.07) is 12.5. The van der Waals surface area contributed by atoms with E-state index in [1.165, 1.54) is 16.8 Å². The van der Waals surface area contributed by atoms with Crippen LogP contribution in [0, 0.1) is 13.8 Å². The maximum absolute atomic E-state index is 6.05. The van der Waals surface area contributed by atoms with E-state index in [1.807, 2.05) is 18.2 Å². The second-order valence-electron chi connectivity index (χ2n) is 8.18. The van der Waals surface area contributed by atoms with E-state index in [0.717, 1.165) is 62.8 Å². The lowest BCUT2D eigenvalue weighted by Gasteiger charge is -2.36. The predicted molar refractivity (Wildman–Crippen MR) is 132 cm³/mol. The van der Waals surface area contributed by atoms with Crippen LogP contribution in [-0.2, 0) is 6.42 Å². The number of methoxy groups -OCH3 is 2. The molecule has 1 aliphatic heterocycles. The van der Waals surface area contributed by atoms with Gasteiger partial charge in [-0.1, -0.05) is 18.2 Å². The van der Waals surface area contributed by atoms with Crippen molar-refractivity contribution in [3.63, 3.8) is 0 Å². The summed E-state index contributed by atoms with van der Waals surface area (Å²) in [4.78, 5) is 9.45. The monoisotopic (exact) mass is 439 g/mol. The van der Waals surface area contributed by atoms with Crippen molar-refractivity contribution in [1.82, 2.24) is 10.2 Å². The molecule has 0 aliphatic carbocycles. The maximum atomic E-state index is 6.05. The van der Waals surface area contributed by atoms with Crippen LogP contribution in [0.2, 0.25) is 0 Å². The van der Waals surface area contributed by atoms with Gasteiger partial charge in [-0.25, -0.2) is 0 Å². The molecule has 7 heteroatoms. The number of nitrogens with one attached hydrogen (secondary N) is 1. The Morgan fingerprint density at radius 3 is 2.50 bits per heavy atom. The Labute approximate surface area is 192 Å². The molecule has 3 N–H and O–H groups in total. The van der Waals surface area contributed by atoms with E-state index in [9.17, 15) is 0 Å². The normalized spacial score (nSPS) is 15.0. The van der Waals surface area contributed by atoms with Gasteiger partial charge in [0.05, 0.1) is 20.8 Å². The first-order valence-electron chi connectivity index (χ1n) is 11.3. The van der Waals surface area contributed by atoms with E-state index in [4.69, 9.17) is 15.2 Å². The largest absolute Gasteiger partial charge is 0.493 e. The fourth-order valence-corrected chi connectivity index (χ4v) is 4.03. The number of guanidine groups is 1. The van der Waals surface area contributed by atoms with Crippen molar-refractivity contribution in [3.05, 3.63) is 53.1 Å². The van der Waals surface area contributed by atoms with Crippen molar-refractivity contribution in [2.24, 2.45) is 10.7 Å². The van der Waals surface area contributed by atoms with Gasteiger partial charge in [0, 0.05) is 45.0 Å². The minimum Gasteiger partial charge on any atom is -0.493 e. The number of hydrogen-bond donors (Lipinski definition) is 2. The van der Waals surface area contributed by atoms with Crippen LogP contribution in [-0.4, -0.2) is 70.9 Å². The number of aryl methyl sites for hydroxylation is 1. The average Bonchev–Trinajstić information content (AvgIpc) is 2.81. The quantitative estimate of drug-likeness (QED) is 0.462. The Bertz CT molecular complexity index is 907. The van der Waals surface area contributed by atoms with Crippen LogP contribution < -0.4 is 25.4 Å². The molecule has 0 radical (unpaired) electrons. The number of rotatable bonds is 9. The van der Waals surface area contributed by atoms with Crippen LogP contribution in [0.4, 0.5) is 5.69 Å². The van der Waals surface area contributed by atoms with Crippen molar-refractivity contribution in [1.29, 1.82) is 0 Å². The lowest BCUT2D eigenvalue weighted by Crippen LogP contribution is -2.47. The molecule has 174 valence electrons. The Kier molecular flexibility index (Phi) is 8.62. The molecule has 0 unspecified atom stereocenters. The number of ether oxygens (including phenoxy) is 2. The van der Waals surface area contributed by atoms with Crippen molar-refractivity contribution in [2.45, 2.75) is 20.3 Å². The molecule has 0 bridgehead atoms. The molecule has 7 nitrogen and oxygen atoms in total. The van der Waals surface area contributed by atoms with Crippen molar-refractivity contribution in [2.75, 3.05) is 64.9 Å². The Morgan fingerprint density at radius 2 is 1.78 bits per heavy atom. The van der Waals surface area contributed by atoms with Gasteiger partial charge in [0.2, 0.25) is 0 Å². The maximum Gasteiger partial charge on any atom is 0.188 e. The van der Waals surface area contributed by atoms with E-state index in [1.54, 1.807) is 14.2 Å². The summed E-state index contributed by atoms with van der Waals surface area (Å²) < 4.78 is 10.6. The molecule has 2 aromatic carbocycles. The number of piperazine rings is 1. The zero-order chi connectivity index (χ0) is 22.9. The minimum atomic E-state index is 0.500. The van der Waals surface area contributed by atoms with Crippen LogP contribution in [0.3, 0.4) is 0 Å².